The van der Waals surface area contributed by atoms with Crippen LogP contribution in [0.5, 0.6) is 0 Å². The van der Waals surface area contributed by atoms with Gasteiger partial charge in [0, 0.05) is 22.1 Å². The van der Waals surface area contributed by atoms with Crippen molar-refractivity contribution in [1.29, 1.82) is 0 Å². The van der Waals surface area contributed by atoms with Crippen molar-refractivity contribution < 1.29 is 9.90 Å². The second kappa shape index (κ2) is 5.19. The first-order chi connectivity index (χ1) is 8.11. The van der Waals surface area contributed by atoms with Gasteiger partial charge in [-0.25, -0.2) is 0 Å². The zero-order chi connectivity index (χ0) is 12.4. The van der Waals surface area contributed by atoms with E-state index < -0.39 is 6.10 Å². The number of hydrogen-bond donors (Lipinski definition) is 2. The average Bonchev–Trinajstić information content (AvgIpc) is 2.29. The second-order valence-electron chi connectivity index (χ2n) is 4.38. The smallest absolute Gasteiger partial charge is 0.224 e. The van der Waals surface area contributed by atoms with Crippen LogP contribution < -0.4 is 5.32 Å². The number of rotatable bonds is 3. The minimum Gasteiger partial charge on any atom is -0.388 e. The van der Waals surface area contributed by atoms with Crippen LogP contribution in [0.1, 0.15) is 43.4 Å². The Bertz CT molecular complexity index is 445. The van der Waals surface area contributed by atoms with E-state index in [1.165, 1.54) is 0 Å². The fourth-order valence-corrected chi connectivity index (χ4v) is 2.70. The molecule has 0 aliphatic carbocycles. The van der Waals surface area contributed by atoms with Crippen LogP contribution in [-0.4, -0.2) is 11.0 Å². The lowest BCUT2D eigenvalue weighted by Crippen LogP contribution is -2.21. The summed E-state index contributed by atoms with van der Waals surface area (Å²) in [4.78, 5) is 11.4. The zero-order valence-electron chi connectivity index (χ0n) is 9.79. The van der Waals surface area contributed by atoms with Gasteiger partial charge in [-0.05, 0) is 30.5 Å². The number of aliphatic hydroxyl groups excluding tert-OH is 1. The van der Waals surface area contributed by atoms with Gasteiger partial charge in [0.15, 0.2) is 0 Å². The van der Waals surface area contributed by atoms with E-state index in [1.807, 2.05) is 19.1 Å². The van der Waals surface area contributed by atoms with Crippen molar-refractivity contribution in [2.24, 2.45) is 0 Å². The number of amides is 1. The lowest BCUT2D eigenvalue weighted by atomic mass is 9.95. The highest BCUT2D eigenvalue weighted by atomic mass is 79.9. The average molecular weight is 298 g/mol. The molecule has 0 saturated heterocycles. The molecule has 3 nitrogen and oxygen atoms in total. The van der Waals surface area contributed by atoms with Crippen LogP contribution in [-0.2, 0) is 11.2 Å². The molecule has 0 aromatic heterocycles. The molecule has 0 bridgehead atoms. The van der Waals surface area contributed by atoms with E-state index in [-0.39, 0.29) is 5.91 Å². The number of benzene rings is 1. The summed E-state index contributed by atoms with van der Waals surface area (Å²) in [5, 5.41) is 13.0. The number of fused-ring (bicyclic) bond motifs is 1. The number of nitrogens with one attached hydrogen (secondary N) is 1. The summed E-state index contributed by atoms with van der Waals surface area (Å²) < 4.78 is 0.956. The van der Waals surface area contributed by atoms with Gasteiger partial charge < -0.3 is 10.4 Å². The van der Waals surface area contributed by atoms with Crippen LogP contribution in [0.2, 0.25) is 0 Å². The number of halogens is 1. The maximum atomic E-state index is 11.4. The predicted octanol–water partition coefficient (Wildman–Crippen LogP) is 3.17. The molecule has 17 heavy (non-hydrogen) atoms. The predicted molar refractivity (Wildman–Crippen MR) is 71.0 cm³/mol. The molecule has 1 aliphatic heterocycles. The Labute approximate surface area is 109 Å². The lowest BCUT2D eigenvalue weighted by Gasteiger charge is -2.23. The maximum Gasteiger partial charge on any atom is 0.224 e. The van der Waals surface area contributed by atoms with E-state index in [9.17, 15) is 9.90 Å². The van der Waals surface area contributed by atoms with E-state index in [4.69, 9.17) is 0 Å². The Hall–Kier alpha value is -0.870. The number of aryl methyl sites for hydroxylation is 1. The number of anilines is 1. The van der Waals surface area contributed by atoms with Gasteiger partial charge in [0.25, 0.3) is 0 Å². The molecular formula is C13H16BrNO2. The van der Waals surface area contributed by atoms with Gasteiger partial charge in [-0.3, -0.25) is 4.79 Å². The third-order valence-corrected chi connectivity index (χ3v) is 3.48. The largest absolute Gasteiger partial charge is 0.388 e. The Balaban J connectivity index is 2.43. The molecular weight excluding hydrogens is 282 g/mol. The Morgan fingerprint density at radius 3 is 2.94 bits per heavy atom. The van der Waals surface area contributed by atoms with Gasteiger partial charge in [-0.15, -0.1) is 0 Å². The van der Waals surface area contributed by atoms with Crippen LogP contribution in [0.15, 0.2) is 16.6 Å². The van der Waals surface area contributed by atoms with E-state index in [0.29, 0.717) is 12.8 Å². The van der Waals surface area contributed by atoms with Crippen LogP contribution in [0, 0.1) is 0 Å². The molecule has 1 heterocycles. The van der Waals surface area contributed by atoms with Gasteiger partial charge in [-0.1, -0.05) is 29.3 Å². The molecule has 1 aromatic rings. The molecule has 1 amide bonds. The third-order valence-electron chi connectivity index (χ3n) is 3.02. The molecule has 1 atom stereocenters. The molecule has 2 N–H and O–H groups in total. The number of carbonyl (C=O) groups excluding carboxylic acids is 1. The van der Waals surface area contributed by atoms with Crippen LogP contribution in [0.4, 0.5) is 5.69 Å². The first kappa shape index (κ1) is 12.6. The summed E-state index contributed by atoms with van der Waals surface area (Å²) in [5.74, 6) is 0.0322. The summed E-state index contributed by atoms with van der Waals surface area (Å²) in [5.41, 5.74) is 2.74. The quantitative estimate of drug-likeness (QED) is 0.900. The molecule has 1 unspecified atom stereocenters. The van der Waals surface area contributed by atoms with Gasteiger partial charge in [0.05, 0.1) is 6.10 Å². The van der Waals surface area contributed by atoms with Crippen molar-refractivity contribution in [3.8, 4) is 0 Å². The number of carbonyl (C=O) groups is 1. The first-order valence-corrected chi connectivity index (χ1v) is 6.71. The van der Waals surface area contributed by atoms with Crippen molar-refractivity contribution in [3.05, 3.63) is 27.7 Å². The first-order valence-electron chi connectivity index (χ1n) is 5.92. The molecule has 92 valence electrons. The molecule has 1 aromatic carbocycles. The highest BCUT2D eigenvalue weighted by Gasteiger charge is 2.21. The maximum absolute atomic E-state index is 11.4. The van der Waals surface area contributed by atoms with Crippen LogP contribution in [0.25, 0.3) is 0 Å². The minimum atomic E-state index is -0.510. The van der Waals surface area contributed by atoms with E-state index in [2.05, 4.69) is 21.2 Å². The molecule has 0 saturated carbocycles. The topological polar surface area (TPSA) is 49.3 Å². The molecule has 2 rings (SSSR count). The summed E-state index contributed by atoms with van der Waals surface area (Å²) in [6, 6.07) is 3.90. The van der Waals surface area contributed by atoms with Crippen molar-refractivity contribution >= 4 is 27.5 Å². The summed E-state index contributed by atoms with van der Waals surface area (Å²) in [6.45, 7) is 2.03. The Morgan fingerprint density at radius 1 is 1.47 bits per heavy atom. The van der Waals surface area contributed by atoms with Crippen LogP contribution >= 0.6 is 15.9 Å². The van der Waals surface area contributed by atoms with Crippen molar-refractivity contribution in [2.45, 2.75) is 38.7 Å². The molecule has 4 heteroatoms. The number of aliphatic hydroxyl groups is 1. The fourth-order valence-electron chi connectivity index (χ4n) is 2.18. The summed E-state index contributed by atoms with van der Waals surface area (Å²) >= 11 is 3.45. The SMILES string of the molecule is CCCC(O)c1cc(Br)cc2c1NC(=O)CC2. The fraction of sp³-hybridized carbons (Fsp3) is 0.462. The standard InChI is InChI=1S/C13H16BrNO2/c1-2-3-11(16)10-7-9(14)6-8-4-5-12(17)15-13(8)10/h6-7,11,16H,2-5H2,1H3,(H,15,17). The summed E-state index contributed by atoms with van der Waals surface area (Å²) in [6.07, 6.45) is 2.37. The summed E-state index contributed by atoms with van der Waals surface area (Å²) in [7, 11) is 0. The molecule has 0 radical (unpaired) electrons. The Kier molecular flexibility index (Phi) is 3.84. The third kappa shape index (κ3) is 2.69. The molecule has 1 aliphatic rings. The Morgan fingerprint density at radius 2 is 2.24 bits per heavy atom. The monoisotopic (exact) mass is 297 g/mol. The normalized spacial score (nSPS) is 16.3. The van der Waals surface area contributed by atoms with Crippen LogP contribution in [0.3, 0.4) is 0 Å². The highest BCUT2D eigenvalue weighted by molar-refractivity contribution is 9.10. The molecule has 0 fully saturated rings. The zero-order valence-corrected chi connectivity index (χ0v) is 11.4. The van der Waals surface area contributed by atoms with Gasteiger partial charge in [0.2, 0.25) is 5.91 Å². The number of hydrogen-bond acceptors (Lipinski definition) is 2. The lowest BCUT2D eigenvalue weighted by molar-refractivity contribution is -0.116. The van der Waals surface area contributed by atoms with Gasteiger partial charge in [0.1, 0.15) is 0 Å². The highest BCUT2D eigenvalue weighted by Crippen LogP contribution is 2.35. The van der Waals surface area contributed by atoms with Gasteiger partial charge in [-0.2, -0.15) is 0 Å². The van der Waals surface area contributed by atoms with Crippen molar-refractivity contribution in [3.63, 3.8) is 0 Å². The molecule has 0 spiro atoms. The minimum absolute atomic E-state index is 0.0322. The van der Waals surface area contributed by atoms with Gasteiger partial charge >= 0.3 is 0 Å². The van der Waals surface area contributed by atoms with E-state index in [0.717, 1.165) is 34.1 Å². The van der Waals surface area contributed by atoms with Crippen molar-refractivity contribution in [2.75, 3.05) is 5.32 Å². The van der Waals surface area contributed by atoms with Crippen molar-refractivity contribution in [1.82, 2.24) is 0 Å². The van der Waals surface area contributed by atoms with E-state index in [1.54, 1.807) is 0 Å². The van der Waals surface area contributed by atoms with E-state index >= 15 is 0 Å². The second-order valence-corrected chi connectivity index (χ2v) is 5.30.